The first kappa shape index (κ1) is 23.0. The van der Waals surface area contributed by atoms with Gasteiger partial charge in [0.15, 0.2) is 5.84 Å². The van der Waals surface area contributed by atoms with Crippen molar-refractivity contribution in [3.8, 4) is 5.75 Å². The van der Waals surface area contributed by atoms with Crippen LogP contribution in [0, 0.1) is 5.92 Å². The maximum absolute atomic E-state index is 12.8. The fraction of sp³-hybridized carbons (Fsp3) is 0.269. The Morgan fingerprint density at radius 2 is 1.80 bits per heavy atom. The van der Waals surface area contributed by atoms with Crippen LogP contribution in [0.15, 0.2) is 82.2 Å². The van der Waals surface area contributed by atoms with Gasteiger partial charge in [0.2, 0.25) is 0 Å². The fourth-order valence-corrected chi connectivity index (χ4v) is 5.50. The molecule has 0 bridgehead atoms. The van der Waals surface area contributed by atoms with Crippen molar-refractivity contribution in [3.63, 3.8) is 0 Å². The van der Waals surface area contributed by atoms with E-state index in [1.807, 2.05) is 47.4 Å². The van der Waals surface area contributed by atoms with Crippen LogP contribution in [0.5, 0.6) is 5.75 Å². The summed E-state index contributed by atoms with van der Waals surface area (Å²) in [6.07, 6.45) is 3.17. The zero-order valence-corrected chi connectivity index (χ0v) is 19.9. The molecule has 2 aliphatic rings. The molecule has 5 rings (SSSR count). The third kappa shape index (κ3) is 5.19. The van der Waals surface area contributed by atoms with Gasteiger partial charge in [-0.1, -0.05) is 30.3 Å². The molecule has 0 radical (unpaired) electrons. The molecule has 1 unspecified atom stereocenters. The summed E-state index contributed by atoms with van der Waals surface area (Å²) in [5.41, 5.74) is 2.29. The molecule has 1 aromatic heterocycles. The van der Waals surface area contributed by atoms with Gasteiger partial charge >= 0.3 is 5.97 Å². The number of piperidine rings is 1. The van der Waals surface area contributed by atoms with Crippen molar-refractivity contribution in [2.24, 2.45) is 10.3 Å². The largest absolute Gasteiger partial charge is 0.487 e. The number of hydrogen-bond acceptors (Lipinski definition) is 7. The molecule has 3 aromatic rings. The van der Waals surface area contributed by atoms with E-state index in [1.54, 1.807) is 30.5 Å². The van der Waals surface area contributed by atoms with Crippen molar-refractivity contribution in [1.29, 1.82) is 0 Å². The van der Waals surface area contributed by atoms with Gasteiger partial charge in [0.05, 0.1) is 11.6 Å². The van der Waals surface area contributed by atoms with E-state index in [2.05, 4.69) is 9.38 Å². The number of carbonyl (C=O) groups excluding carboxylic acids is 1. The minimum absolute atomic E-state index is 0.161. The number of aromatic nitrogens is 1. The van der Waals surface area contributed by atoms with Gasteiger partial charge in [-0.25, -0.2) is 0 Å². The van der Waals surface area contributed by atoms with Crippen molar-refractivity contribution < 1.29 is 22.7 Å². The number of esters is 1. The Bertz CT molecular complexity index is 1340. The highest BCUT2D eigenvalue weighted by atomic mass is 32.2. The summed E-state index contributed by atoms with van der Waals surface area (Å²) in [5.74, 6) is 0.489. The molecule has 0 N–H and O–H groups in total. The van der Waals surface area contributed by atoms with Crippen LogP contribution in [0.1, 0.15) is 29.7 Å². The second-order valence-electron chi connectivity index (χ2n) is 8.53. The van der Waals surface area contributed by atoms with Crippen molar-refractivity contribution >= 4 is 21.8 Å². The molecule has 1 fully saturated rings. The number of pyridine rings is 1. The fourth-order valence-electron chi connectivity index (χ4n) is 4.27. The van der Waals surface area contributed by atoms with Crippen LogP contribution in [-0.2, 0) is 32.8 Å². The topological polar surface area (TPSA) is 98.2 Å². The summed E-state index contributed by atoms with van der Waals surface area (Å²) in [6, 6.07) is 19.9. The standard InChI is InChI=1S/C26H25N3O5S/c30-26(34-17-19-10-12-22(13-11-19)33-18-21-7-3-4-14-27-21)20-6-5-15-29(16-20)25-23-8-1-2-9-24(23)35(31,32)28-25/h1-4,7-14,20H,5-6,15-18H2. The zero-order chi connectivity index (χ0) is 24.3. The minimum atomic E-state index is -3.70. The van der Waals surface area contributed by atoms with Crippen LogP contribution in [0.4, 0.5) is 0 Å². The van der Waals surface area contributed by atoms with Gasteiger partial charge in [0, 0.05) is 24.8 Å². The van der Waals surface area contributed by atoms with E-state index >= 15 is 0 Å². The Hall–Kier alpha value is -3.72. The van der Waals surface area contributed by atoms with E-state index in [4.69, 9.17) is 9.47 Å². The number of hydrogen-bond donors (Lipinski definition) is 0. The van der Waals surface area contributed by atoms with E-state index in [-0.39, 0.29) is 23.4 Å². The Balaban J connectivity index is 1.16. The molecule has 35 heavy (non-hydrogen) atoms. The smallest absolute Gasteiger partial charge is 0.311 e. The number of nitrogens with zero attached hydrogens (tertiary/aromatic N) is 3. The quantitative estimate of drug-likeness (QED) is 0.486. The number of likely N-dealkylation sites (tertiary alicyclic amines) is 1. The number of fused-ring (bicyclic) bond motifs is 1. The SMILES string of the molecule is O=C(OCc1ccc(OCc2ccccn2)cc1)C1CCCN(C2=NS(=O)(=O)c3ccccc32)C1. The lowest BCUT2D eigenvalue weighted by Crippen LogP contribution is -2.42. The highest BCUT2D eigenvalue weighted by Gasteiger charge is 2.35. The van der Waals surface area contributed by atoms with Crippen LogP contribution in [-0.4, -0.2) is 43.2 Å². The lowest BCUT2D eigenvalue weighted by molar-refractivity contribution is -0.151. The molecule has 0 amide bonds. The van der Waals surface area contributed by atoms with Crippen LogP contribution in [0.25, 0.3) is 0 Å². The Morgan fingerprint density at radius 3 is 2.60 bits per heavy atom. The number of sulfonamides is 1. The molecule has 1 atom stereocenters. The molecule has 2 aromatic carbocycles. The van der Waals surface area contributed by atoms with Crippen LogP contribution >= 0.6 is 0 Å². The van der Waals surface area contributed by atoms with E-state index < -0.39 is 10.0 Å². The predicted molar refractivity (Wildman–Crippen MR) is 129 cm³/mol. The predicted octanol–water partition coefficient (Wildman–Crippen LogP) is 3.56. The average molecular weight is 492 g/mol. The summed E-state index contributed by atoms with van der Waals surface area (Å²) in [5, 5.41) is 0. The van der Waals surface area contributed by atoms with Gasteiger partial charge < -0.3 is 14.4 Å². The second kappa shape index (κ2) is 9.87. The van der Waals surface area contributed by atoms with Gasteiger partial charge in [-0.15, -0.1) is 4.40 Å². The van der Waals surface area contributed by atoms with E-state index in [1.165, 1.54) is 0 Å². The number of rotatable bonds is 6. The maximum atomic E-state index is 12.8. The first-order valence-electron chi connectivity index (χ1n) is 11.5. The van der Waals surface area contributed by atoms with E-state index in [9.17, 15) is 13.2 Å². The van der Waals surface area contributed by atoms with Gasteiger partial charge in [-0.3, -0.25) is 9.78 Å². The third-order valence-electron chi connectivity index (χ3n) is 6.08. The Kier molecular flexibility index (Phi) is 6.50. The van der Waals surface area contributed by atoms with Gasteiger partial charge in [-0.05, 0) is 54.8 Å². The lowest BCUT2D eigenvalue weighted by Gasteiger charge is -2.32. The molecule has 8 nitrogen and oxygen atoms in total. The van der Waals surface area contributed by atoms with Crippen LogP contribution in [0.2, 0.25) is 0 Å². The maximum Gasteiger partial charge on any atom is 0.311 e. The molecule has 180 valence electrons. The molecule has 2 aliphatic heterocycles. The van der Waals surface area contributed by atoms with E-state index in [0.717, 1.165) is 17.7 Å². The third-order valence-corrected chi connectivity index (χ3v) is 7.41. The molecule has 0 spiro atoms. The monoisotopic (exact) mass is 491 g/mol. The molecule has 0 aliphatic carbocycles. The van der Waals surface area contributed by atoms with Gasteiger partial charge in [0.1, 0.15) is 23.9 Å². The summed E-state index contributed by atoms with van der Waals surface area (Å²) in [7, 11) is -3.70. The molecular formula is C26H25N3O5S. The first-order valence-corrected chi connectivity index (χ1v) is 12.9. The summed E-state index contributed by atoms with van der Waals surface area (Å²) in [4.78, 5) is 19.1. The van der Waals surface area contributed by atoms with Crippen molar-refractivity contribution in [2.75, 3.05) is 13.1 Å². The number of benzene rings is 2. The minimum Gasteiger partial charge on any atom is -0.487 e. The summed E-state index contributed by atoms with van der Waals surface area (Å²) >= 11 is 0. The number of carbonyl (C=O) groups is 1. The van der Waals surface area contributed by atoms with Gasteiger partial charge in [-0.2, -0.15) is 8.42 Å². The van der Waals surface area contributed by atoms with Gasteiger partial charge in [0.25, 0.3) is 10.0 Å². The molecule has 3 heterocycles. The summed E-state index contributed by atoms with van der Waals surface area (Å²) < 4.78 is 40.1. The zero-order valence-electron chi connectivity index (χ0n) is 19.0. The normalized spacial score (nSPS) is 18.5. The highest BCUT2D eigenvalue weighted by Crippen LogP contribution is 2.30. The average Bonchev–Trinajstić information content (AvgIpc) is 3.18. The molecular weight excluding hydrogens is 466 g/mol. The Labute approximate surface area is 204 Å². The Morgan fingerprint density at radius 1 is 1.00 bits per heavy atom. The second-order valence-corrected chi connectivity index (χ2v) is 10.1. The molecule has 9 heteroatoms. The first-order chi connectivity index (χ1) is 17.0. The van der Waals surface area contributed by atoms with Crippen molar-refractivity contribution in [2.45, 2.75) is 31.0 Å². The van der Waals surface area contributed by atoms with Crippen LogP contribution in [0.3, 0.4) is 0 Å². The van der Waals surface area contributed by atoms with Crippen molar-refractivity contribution in [3.05, 3.63) is 89.7 Å². The van der Waals surface area contributed by atoms with Crippen LogP contribution < -0.4 is 4.74 Å². The summed E-state index contributed by atoms with van der Waals surface area (Å²) in [6.45, 7) is 1.56. The molecule has 1 saturated heterocycles. The lowest BCUT2D eigenvalue weighted by atomic mass is 9.97. The number of ether oxygens (including phenoxy) is 2. The van der Waals surface area contributed by atoms with E-state index in [0.29, 0.717) is 43.3 Å². The highest BCUT2D eigenvalue weighted by molar-refractivity contribution is 7.90. The van der Waals surface area contributed by atoms with Crippen molar-refractivity contribution in [1.82, 2.24) is 9.88 Å². The molecule has 0 saturated carbocycles. The number of amidine groups is 1.